The lowest BCUT2D eigenvalue weighted by atomic mass is 10.3. The van der Waals surface area contributed by atoms with Gasteiger partial charge in [0.1, 0.15) is 5.75 Å². The third-order valence-electron chi connectivity index (χ3n) is 3.93. The Hall–Kier alpha value is -2.10. The molecule has 0 N–H and O–H groups in total. The standard InChI is InChI=1S/C19H20N2O4S3/c1-26-11-10-21-16-9-8-15(28(2,23)24)12-17(16)27-19(21)20-18(22)13-25-14-6-4-3-5-7-14/h3-9,12H,10-11,13H2,1-2H3. The second kappa shape index (κ2) is 8.93. The lowest BCUT2D eigenvalue weighted by molar-refractivity contribution is -0.120. The van der Waals surface area contributed by atoms with Crippen molar-refractivity contribution < 1.29 is 17.9 Å². The fraction of sp³-hybridized carbons (Fsp3) is 0.263. The van der Waals surface area contributed by atoms with Gasteiger partial charge in [0.2, 0.25) is 0 Å². The number of carbonyl (C=O) groups excluding carboxylic acids is 1. The number of carbonyl (C=O) groups is 1. The van der Waals surface area contributed by atoms with Gasteiger partial charge >= 0.3 is 0 Å². The van der Waals surface area contributed by atoms with Crippen LogP contribution in [0, 0.1) is 0 Å². The van der Waals surface area contributed by atoms with Crippen LogP contribution in [0.3, 0.4) is 0 Å². The molecule has 0 spiro atoms. The molecular weight excluding hydrogens is 416 g/mol. The van der Waals surface area contributed by atoms with E-state index in [2.05, 4.69) is 4.99 Å². The van der Waals surface area contributed by atoms with Gasteiger partial charge in [0.25, 0.3) is 5.91 Å². The maximum absolute atomic E-state index is 12.3. The molecular formula is C19H20N2O4S3. The van der Waals surface area contributed by atoms with Crippen molar-refractivity contribution in [2.24, 2.45) is 4.99 Å². The summed E-state index contributed by atoms with van der Waals surface area (Å²) in [6.45, 7) is 0.514. The number of thiazole rings is 1. The molecule has 148 valence electrons. The van der Waals surface area contributed by atoms with Gasteiger partial charge < -0.3 is 9.30 Å². The van der Waals surface area contributed by atoms with E-state index < -0.39 is 15.7 Å². The van der Waals surface area contributed by atoms with Crippen molar-refractivity contribution in [3.05, 3.63) is 53.3 Å². The van der Waals surface area contributed by atoms with E-state index in [4.69, 9.17) is 4.74 Å². The van der Waals surface area contributed by atoms with Crippen LogP contribution in [-0.4, -0.2) is 43.8 Å². The Labute approximate surface area is 171 Å². The summed E-state index contributed by atoms with van der Waals surface area (Å²) in [6.07, 6.45) is 3.19. The number of fused-ring (bicyclic) bond motifs is 1. The van der Waals surface area contributed by atoms with Crippen molar-refractivity contribution in [1.82, 2.24) is 4.57 Å². The first-order valence-electron chi connectivity index (χ1n) is 8.46. The number of sulfone groups is 1. The third-order valence-corrected chi connectivity index (χ3v) is 6.67. The van der Waals surface area contributed by atoms with Crippen LogP contribution in [0.1, 0.15) is 0 Å². The average Bonchev–Trinajstić information content (AvgIpc) is 3.01. The highest BCUT2D eigenvalue weighted by Gasteiger charge is 2.13. The minimum Gasteiger partial charge on any atom is -0.484 e. The summed E-state index contributed by atoms with van der Waals surface area (Å²) < 4.78 is 31.9. The highest BCUT2D eigenvalue weighted by atomic mass is 32.2. The van der Waals surface area contributed by atoms with Crippen molar-refractivity contribution in [2.75, 3.05) is 24.9 Å². The molecule has 0 fully saturated rings. The van der Waals surface area contributed by atoms with Gasteiger partial charge in [-0.3, -0.25) is 4.79 Å². The summed E-state index contributed by atoms with van der Waals surface area (Å²) in [5.41, 5.74) is 0.863. The maximum atomic E-state index is 12.3. The number of aryl methyl sites for hydroxylation is 1. The molecule has 0 atom stereocenters. The molecule has 2 aromatic carbocycles. The number of benzene rings is 2. The van der Waals surface area contributed by atoms with Crippen LogP contribution in [-0.2, 0) is 21.2 Å². The molecule has 9 heteroatoms. The molecule has 6 nitrogen and oxygen atoms in total. The van der Waals surface area contributed by atoms with Gasteiger partial charge in [-0.1, -0.05) is 29.5 Å². The highest BCUT2D eigenvalue weighted by Crippen LogP contribution is 2.22. The second-order valence-corrected chi connectivity index (χ2v) is 10.0. The lowest BCUT2D eigenvalue weighted by Crippen LogP contribution is -2.20. The van der Waals surface area contributed by atoms with E-state index >= 15 is 0 Å². The van der Waals surface area contributed by atoms with Crippen molar-refractivity contribution >= 4 is 49.1 Å². The predicted molar refractivity (Wildman–Crippen MR) is 114 cm³/mol. The quantitative estimate of drug-likeness (QED) is 0.569. The van der Waals surface area contributed by atoms with E-state index in [-0.39, 0.29) is 11.5 Å². The summed E-state index contributed by atoms with van der Waals surface area (Å²) in [7, 11) is -3.30. The molecule has 1 aromatic heterocycles. The Morgan fingerprint density at radius 3 is 2.64 bits per heavy atom. The molecule has 0 unspecified atom stereocenters. The van der Waals surface area contributed by atoms with Crippen LogP contribution in [0.25, 0.3) is 10.2 Å². The first-order valence-corrected chi connectivity index (χ1v) is 12.6. The molecule has 0 saturated carbocycles. The summed E-state index contributed by atoms with van der Waals surface area (Å²) in [4.78, 5) is 17.3. The van der Waals surface area contributed by atoms with Gasteiger partial charge in [-0.2, -0.15) is 16.8 Å². The largest absolute Gasteiger partial charge is 0.484 e. The summed E-state index contributed by atoms with van der Waals surface area (Å²) in [5.74, 6) is 1.06. The monoisotopic (exact) mass is 436 g/mol. The molecule has 1 amide bonds. The molecule has 0 saturated heterocycles. The van der Waals surface area contributed by atoms with Crippen molar-refractivity contribution in [3.63, 3.8) is 0 Å². The Balaban J connectivity index is 1.95. The number of thioether (sulfide) groups is 1. The predicted octanol–water partition coefficient (Wildman–Crippen LogP) is 2.98. The third kappa shape index (κ3) is 5.03. The van der Waals surface area contributed by atoms with E-state index in [0.29, 0.717) is 17.1 Å². The first-order chi connectivity index (χ1) is 13.4. The van der Waals surface area contributed by atoms with Gasteiger partial charge in [-0.05, 0) is 36.6 Å². The van der Waals surface area contributed by atoms with E-state index in [0.717, 1.165) is 16.0 Å². The Morgan fingerprint density at radius 2 is 1.96 bits per heavy atom. The molecule has 0 aliphatic heterocycles. The van der Waals surface area contributed by atoms with Gasteiger partial charge in [-0.15, -0.1) is 0 Å². The van der Waals surface area contributed by atoms with E-state index in [1.807, 2.05) is 29.0 Å². The molecule has 3 rings (SSSR count). The highest BCUT2D eigenvalue weighted by molar-refractivity contribution is 7.98. The van der Waals surface area contributed by atoms with Crippen molar-refractivity contribution in [3.8, 4) is 5.75 Å². The minimum atomic E-state index is -3.30. The van der Waals surface area contributed by atoms with E-state index in [1.54, 1.807) is 42.1 Å². The zero-order valence-electron chi connectivity index (χ0n) is 15.5. The summed E-state index contributed by atoms with van der Waals surface area (Å²) >= 11 is 2.99. The molecule has 0 radical (unpaired) electrons. The fourth-order valence-electron chi connectivity index (χ4n) is 2.57. The number of para-hydroxylation sites is 1. The van der Waals surface area contributed by atoms with Gasteiger partial charge in [0, 0.05) is 18.6 Å². The second-order valence-electron chi connectivity index (χ2n) is 6.04. The smallest absolute Gasteiger partial charge is 0.286 e. The normalized spacial score (nSPS) is 12.4. The van der Waals surface area contributed by atoms with Crippen molar-refractivity contribution in [2.45, 2.75) is 11.4 Å². The lowest BCUT2D eigenvalue weighted by Gasteiger charge is -2.05. The molecule has 1 heterocycles. The average molecular weight is 437 g/mol. The van der Waals surface area contributed by atoms with Crippen LogP contribution in [0.5, 0.6) is 5.75 Å². The van der Waals surface area contributed by atoms with Crippen LogP contribution >= 0.6 is 23.1 Å². The van der Waals surface area contributed by atoms with E-state index in [9.17, 15) is 13.2 Å². The van der Waals surface area contributed by atoms with Crippen molar-refractivity contribution in [1.29, 1.82) is 0 Å². The molecule has 0 aliphatic carbocycles. The number of rotatable bonds is 7. The van der Waals surface area contributed by atoms with Crippen LogP contribution in [0.4, 0.5) is 0 Å². The number of amides is 1. The maximum Gasteiger partial charge on any atom is 0.286 e. The van der Waals surface area contributed by atoms with E-state index in [1.165, 1.54) is 17.6 Å². The van der Waals surface area contributed by atoms with Gasteiger partial charge in [-0.25, -0.2) is 8.42 Å². The topological polar surface area (TPSA) is 77.7 Å². The minimum absolute atomic E-state index is 0.157. The molecule has 3 aromatic rings. The zero-order valence-corrected chi connectivity index (χ0v) is 17.9. The summed E-state index contributed by atoms with van der Waals surface area (Å²) in [6, 6.07) is 14.1. The Bertz CT molecular complexity index is 1150. The summed E-state index contributed by atoms with van der Waals surface area (Å²) in [5, 5.41) is 0. The van der Waals surface area contributed by atoms with Crippen LogP contribution < -0.4 is 9.54 Å². The first kappa shape index (κ1) is 20.6. The zero-order chi connectivity index (χ0) is 20.1. The number of ether oxygens (including phenoxy) is 1. The van der Waals surface area contributed by atoms with Gasteiger partial charge in [0.15, 0.2) is 21.2 Å². The Morgan fingerprint density at radius 1 is 1.21 bits per heavy atom. The van der Waals surface area contributed by atoms with Crippen LogP contribution in [0.15, 0.2) is 58.4 Å². The number of hydrogen-bond acceptors (Lipinski definition) is 6. The van der Waals surface area contributed by atoms with Gasteiger partial charge in [0.05, 0.1) is 15.1 Å². The Kier molecular flexibility index (Phi) is 6.58. The SMILES string of the molecule is CSCCn1c(=NC(=O)COc2ccccc2)sc2cc(S(C)(=O)=O)ccc21. The molecule has 28 heavy (non-hydrogen) atoms. The number of nitrogens with zero attached hydrogens (tertiary/aromatic N) is 2. The number of hydrogen-bond donors (Lipinski definition) is 0. The molecule has 0 bridgehead atoms. The van der Waals surface area contributed by atoms with Crippen LogP contribution in [0.2, 0.25) is 0 Å². The fourth-order valence-corrected chi connectivity index (χ4v) is 4.77. The molecule has 0 aliphatic rings. The number of aromatic nitrogens is 1.